The molecule has 0 spiro atoms. The Morgan fingerprint density at radius 3 is 2.08 bits per heavy atom. The van der Waals surface area contributed by atoms with Gasteiger partial charge in [-0.15, -0.1) is 0 Å². The molecule has 5 aromatic rings. The molecule has 2 heterocycles. The second kappa shape index (κ2) is 9.99. The van der Waals surface area contributed by atoms with Crippen LogP contribution in [0, 0.1) is 0 Å². The molecule has 1 N–H and O–H groups in total. The third-order valence-corrected chi connectivity index (χ3v) is 6.97. The molecule has 1 aliphatic heterocycles. The molecule has 4 aromatic carbocycles. The highest BCUT2D eigenvalue weighted by atomic mass is 79.9. The minimum absolute atomic E-state index is 0.0613. The predicted molar refractivity (Wildman–Crippen MR) is 152 cm³/mol. The molecular formula is C31H23BrN4O. The average molecular weight is 547 g/mol. The number of aromatic nitrogens is 2. The Bertz CT molecular complexity index is 1570. The van der Waals surface area contributed by atoms with Crippen LogP contribution in [0.1, 0.15) is 23.6 Å². The number of hydrazone groups is 1. The summed E-state index contributed by atoms with van der Waals surface area (Å²) in [6.45, 7) is 0. The Balaban J connectivity index is 1.53. The summed E-state index contributed by atoms with van der Waals surface area (Å²) in [5.74, 6) is 0.655. The molecule has 0 fully saturated rings. The smallest absolute Gasteiger partial charge is 0.247 e. The number of hydrogen-bond acceptors (Lipinski definition) is 5. The lowest BCUT2D eigenvalue weighted by Gasteiger charge is -2.23. The molecule has 0 radical (unpaired) electrons. The van der Waals surface area contributed by atoms with Gasteiger partial charge in [-0.1, -0.05) is 101 Å². The van der Waals surface area contributed by atoms with E-state index in [1.165, 1.54) is 0 Å². The second-order valence-electron chi connectivity index (χ2n) is 8.85. The van der Waals surface area contributed by atoms with E-state index >= 15 is 0 Å². The lowest BCUT2D eigenvalue weighted by molar-refractivity contribution is 0.477. The van der Waals surface area contributed by atoms with Crippen molar-refractivity contribution in [2.24, 2.45) is 5.10 Å². The number of phenols is 1. The fourth-order valence-corrected chi connectivity index (χ4v) is 4.83. The number of aromatic hydroxyl groups is 1. The van der Waals surface area contributed by atoms with Crippen molar-refractivity contribution in [3.63, 3.8) is 0 Å². The number of phenolic OH excluding ortho intramolecular Hbond substituents is 1. The number of benzene rings is 4. The van der Waals surface area contributed by atoms with Crippen LogP contribution in [0.4, 0.5) is 5.95 Å². The standard InChI is InChI=1S/C31H23BrN4O/c32-24-17-15-22(16-18-24)26-19-28(25-13-7-8-14-30(25)37)34-31(33-26)36-29(23-11-5-2-6-12-23)20-27(35-36)21-9-3-1-4-10-21/h1-19,29,37H,20H2/t29-/m1/s1. The molecule has 1 aromatic heterocycles. The van der Waals surface area contributed by atoms with Gasteiger partial charge in [-0.3, -0.25) is 0 Å². The van der Waals surface area contributed by atoms with Crippen LogP contribution < -0.4 is 5.01 Å². The molecule has 0 amide bonds. The molecule has 6 rings (SSSR count). The summed E-state index contributed by atoms with van der Waals surface area (Å²) in [5.41, 5.74) is 6.19. The molecule has 0 saturated heterocycles. The highest BCUT2D eigenvalue weighted by Gasteiger charge is 2.32. The van der Waals surface area contributed by atoms with Crippen LogP contribution in [-0.4, -0.2) is 20.8 Å². The number of anilines is 1. The lowest BCUT2D eigenvalue weighted by Crippen LogP contribution is -2.21. The predicted octanol–water partition coefficient (Wildman–Crippen LogP) is 7.63. The van der Waals surface area contributed by atoms with Gasteiger partial charge in [-0.25, -0.2) is 15.0 Å². The van der Waals surface area contributed by atoms with Crippen molar-refractivity contribution in [1.29, 1.82) is 0 Å². The fourth-order valence-electron chi connectivity index (χ4n) is 4.57. The molecule has 6 heteroatoms. The summed E-state index contributed by atoms with van der Waals surface area (Å²) in [4.78, 5) is 9.92. The SMILES string of the molecule is Oc1ccccc1-c1cc(-c2ccc(Br)cc2)nc(N2N=C(c3ccccc3)C[C@@H]2c2ccccc2)n1. The van der Waals surface area contributed by atoms with E-state index in [0.717, 1.165) is 39.0 Å². The van der Waals surface area contributed by atoms with Crippen molar-refractivity contribution < 1.29 is 5.11 Å². The van der Waals surface area contributed by atoms with Gasteiger partial charge in [0.05, 0.1) is 23.1 Å². The number of para-hydroxylation sites is 1. The molecule has 0 unspecified atom stereocenters. The zero-order valence-corrected chi connectivity index (χ0v) is 21.5. The topological polar surface area (TPSA) is 61.6 Å². The van der Waals surface area contributed by atoms with E-state index in [2.05, 4.69) is 40.2 Å². The van der Waals surface area contributed by atoms with E-state index in [0.29, 0.717) is 17.2 Å². The van der Waals surface area contributed by atoms with E-state index in [1.54, 1.807) is 12.1 Å². The van der Waals surface area contributed by atoms with Crippen molar-refractivity contribution in [1.82, 2.24) is 9.97 Å². The molecule has 0 bridgehead atoms. The van der Waals surface area contributed by atoms with E-state index in [4.69, 9.17) is 15.1 Å². The Hall–Kier alpha value is -4.29. The summed E-state index contributed by atoms with van der Waals surface area (Å²) in [6.07, 6.45) is 0.728. The minimum Gasteiger partial charge on any atom is -0.507 e. The summed E-state index contributed by atoms with van der Waals surface area (Å²) >= 11 is 3.52. The van der Waals surface area contributed by atoms with Gasteiger partial charge in [-0.2, -0.15) is 5.10 Å². The highest BCUT2D eigenvalue weighted by molar-refractivity contribution is 9.10. The van der Waals surface area contributed by atoms with Crippen molar-refractivity contribution in [2.45, 2.75) is 12.5 Å². The van der Waals surface area contributed by atoms with Gasteiger partial charge >= 0.3 is 0 Å². The van der Waals surface area contributed by atoms with E-state index in [1.807, 2.05) is 83.9 Å². The van der Waals surface area contributed by atoms with Gasteiger partial charge in [0, 0.05) is 22.0 Å². The first-order chi connectivity index (χ1) is 18.2. The molecule has 0 saturated carbocycles. The third kappa shape index (κ3) is 4.76. The highest BCUT2D eigenvalue weighted by Crippen LogP contribution is 2.38. The van der Waals surface area contributed by atoms with E-state index in [-0.39, 0.29) is 11.8 Å². The Morgan fingerprint density at radius 2 is 1.35 bits per heavy atom. The van der Waals surface area contributed by atoms with Gasteiger partial charge in [0.1, 0.15) is 5.75 Å². The van der Waals surface area contributed by atoms with E-state index in [9.17, 15) is 5.11 Å². The first-order valence-electron chi connectivity index (χ1n) is 12.1. The van der Waals surface area contributed by atoms with Crippen LogP contribution in [0.2, 0.25) is 0 Å². The second-order valence-corrected chi connectivity index (χ2v) is 9.77. The van der Waals surface area contributed by atoms with Crippen LogP contribution in [0.25, 0.3) is 22.5 Å². The van der Waals surface area contributed by atoms with Crippen LogP contribution in [0.3, 0.4) is 0 Å². The molecule has 1 atom stereocenters. The summed E-state index contributed by atoms with van der Waals surface area (Å²) in [6, 6.07) is 37.7. The van der Waals surface area contributed by atoms with Crippen molar-refractivity contribution in [3.05, 3.63) is 131 Å². The molecule has 37 heavy (non-hydrogen) atoms. The average Bonchev–Trinajstić information content (AvgIpc) is 3.40. The molecule has 1 aliphatic rings. The molecule has 5 nitrogen and oxygen atoms in total. The monoisotopic (exact) mass is 546 g/mol. The van der Waals surface area contributed by atoms with E-state index < -0.39 is 0 Å². The first-order valence-corrected chi connectivity index (χ1v) is 12.9. The van der Waals surface area contributed by atoms with Crippen molar-refractivity contribution in [2.75, 3.05) is 5.01 Å². The Labute approximate surface area is 223 Å². The fraction of sp³-hybridized carbons (Fsp3) is 0.0645. The zero-order valence-electron chi connectivity index (χ0n) is 19.9. The maximum atomic E-state index is 10.6. The van der Waals surface area contributed by atoms with Crippen LogP contribution in [-0.2, 0) is 0 Å². The zero-order chi connectivity index (χ0) is 25.2. The van der Waals surface area contributed by atoms with Crippen LogP contribution in [0.15, 0.2) is 125 Å². The normalized spacial score (nSPS) is 15.0. The minimum atomic E-state index is -0.0613. The quantitative estimate of drug-likeness (QED) is 0.246. The van der Waals surface area contributed by atoms with Crippen LogP contribution >= 0.6 is 15.9 Å². The van der Waals surface area contributed by atoms with Gasteiger partial charge in [0.25, 0.3) is 0 Å². The summed E-state index contributed by atoms with van der Waals surface area (Å²) < 4.78 is 0.993. The Kier molecular flexibility index (Phi) is 6.25. The third-order valence-electron chi connectivity index (χ3n) is 6.44. The maximum absolute atomic E-state index is 10.6. The number of halogens is 1. The largest absolute Gasteiger partial charge is 0.507 e. The van der Waals surface area contributed by atoms with Gasteiger partial charge in [0.15, 0.2) is 0 Å². The van der Waals surface area contributed by atoms with Gasteiger partial charge < -0.3 is 5.11 Å². The first kappa shape index (κ1) is 23.1. The summed E-state index contributed by atoms with van der Waals surface area (Å²) in [7, 11) is 0. The van der Waals surface area contributed by atoms with Gasteiger partial charge in [-0.05, 0) is 41.5 Å². The molecule has 0 aliphatic carbocycles. The number of rotatable bonds is 5. The number of nitrogens with zero attached hydrogens (tertiary/aromatic N) is 4. The maximum Gasteiger partial charge on any atom is 0.247 e. The molecule has 180 valence electrons. The Morgan fingerprint density at radius 1 is 0.703 bits per heavy atom. The van der Waals surface area contributed by atoms with Gasteiger partial charge in [0.2, 0.25) is 5.95 Å². The number of hydrogen-bond donors (Lipinski definition) is 1. The van der Waals surface area contributed by atoms with Crippen molar-refractivity contribution >= 4 is 27.6 Å². The summed E-state index contributed by atoms with van der Waals surface area (Å²) in [5, 5.41) is 17.6. The lowest BCUT2D eigenvalue weighted by atomic mass is 9.98. The van der Waals surface area contributed by atoms with Crippen LogP contribution in [0.5, 0.6) is 5.75 Å². The van der Waals surface area contributed by atoms with Crippen molar-refractivity contribution in [3.8, 4) is 28.3 Å². The molecular weight excluding hydrogens is 524 g/mol.